The van der Waals surface area contributed by atoms with Crippen molar-refractivity contribution in [3.63, 3.8) is 0 Å². The maximum atomic E-state index is 14.5. The summed E-state index contributed by atoms with van der Waals surface area (Å²) in [4.78, 5) is 29.8. The van der Waals surface area contributed by atoms with Crippen molar-refractivity contribution in [1.29, 1.82) is 0 Å². The summed E-state index contributed by atoms with van der Waals surface area (Å²) in [5.74, 6) is -0.702. The number of nitrogens with one attached hydrogen (secondary N) is 1. The highest BCUT2D eigenvalue weighted by Crippen LogP contribution is 2.27. The van der Waals surface area contributed by atoms with E-state index in [0.29, 0.717) is 24.5 Å². The van der Waals surface area contributed by atoms with E-state index >= 15 is 0 Å². The molecule has 0 bridgehead atoms. The first-order valence-electron chi connectivity index (χ1n) is 7.87. The number of halogens is 1. The predicted octanol–water partition coefficient (Wildman–Crippen LogP) is 0.710. The predicted molar refractivity (Wildman–Crippen MR) is 93.5 cm³/mol. The zero-order valence-corrected chi connectivity index (χ0v) is 14.2. The van der Waals surface area contributed by atoms with Crippen LogP contribution in [0.4, 0.5) is 20.6 Å². The SMILES string of the molecule is CN=CN(CCN)c1ccc(N2C[C@H](CNC(C)=O)OC2=O)cc1F. The lowest BCUT2D eigenvalue weighted by Crippen LogP contribution is -2.33. The number of nitrogens with zero attached hydrogens (tertiary/aromatic N) is 3. The van der Waals surface area contributed by atoms with Gasteiger partial charge in [0, 0.05) is 27.1 Å². The van der Waals surface area contributed by atoms with Gasteiger partial charge in [-0.3, -0.25) is 14.7 Å². The average Bonchev–Trinajstić information content (AvgIpc) is 2.94. The Morgan fingerprint density at radius 3 is 2.96 bits per heavy atom. The lowest BCUT2D eigenvalue weighted by Gasteiger charge is -2.21. The van der Waals surface area contributed by atoms with Crippen molar-refractivity contribution < 1.29 is 18.7 Å². The summed E-state index contributed by atoms with van der Waals surface area (Å²) in [7, 11) is 1.59. The second-order valence-corrected chi connectivity index (χ2v) is 5.54. The van der Waals surface area contributed by atoms with E-state index in [1.54, 1.807) is 24.1 Å². The topological polar surface area (TPSA) is 100 Å². The molecule has 8 nitrogen and oxygen atoms in total. The smallest absolute Gasteiger partial charge is 0.414 e. The molecule has 0 aliphatic carbocycles. The summed E-state index contributed by atoms with van der Waals surface area (Å²) in [6.07, 6.45) is 0.454. The molecule has 1 aliphatic heterocycles. The number of amides is 2. The Kier molecular flexibility index (Phi) is 6.29. The second-order valence-electron chi connectivity index (χ2n) is 5.54. The van der Waals surface area contributed by atoms with E-state index in [4.69, 9.17) is 10.5 Å². The van der Waals surface area contributed by atoms with Crippen LogP contribution in [-0.4, -0.2) is 57.7 Å². The van der Waals surface area contributed by atoms with Gasteiger partial charge in [-0.1, -0.05) is 0 Å². The fraction of sp³-hybridized carbons (Fsp3) is 0.438. The molecule has 1 heterocycles. The van der Waals surface area contributed by atoms with E-state index in [9.17, 15) is 14.0 Å². The molecular weight excluding hydrogens is 329 g/mol. The molecule has 0 unspecified atom stereocenters. The molecule has 1 aliphatic rings. The summed E-state index contributed by atoms with van der Waals surface area (Å²) in [5, 5.41) is 2.59. The van der Waals surface area contributed by atoms with Crippen molar-refractivity contribution in [3.8, 4) is 0 Å². The number of ether oxygens (including phenoxy) is 1. The minimum absolute atomic E-state index is 0.206. The van der Waals surface area contributed by atoms with Gasteiger partial charge in [0.2, 0.25) is 5.91 Å². The number of carbonyl (C=O) groups excluding carboxylic acids is 2. The van der Waals surface area contributed by atoms with Crippen molar-refractivity contribution in [2.24, 2.45) is 10.7 Å². The Morgan fingerprint density at radius 1 is 1.60 bits per heavy atom. The van der Waals surface area contributed by atoms with Gasteiger partial charge in [-0.05, 0) is 18.2 Å². The first kappa shape index (κ1) is 18.7. The standard InChI is InChI=1S/C16H22FN5O3/c1-11(23)20-8-13-9-22(16(24)25-13)12-3-4-15(14(17)7-12)21(6-5-18)10-19-2/h3-4,7,10,13H,5-6,8-9,18H2,1-2H3,(H,20,23)/t13-/m0/s1. The van der Waals surface area contributed by atoms with Crippen LogP contribution >= 0.6 is 0 Å². The number of rotatable bonds is 7. The molecule has 0 aromatic heterocycles. The molecule has 0 spiro atoms. The van der Waals surface area contributed by atoms with Crippen LogP contribution in [0.5, 0.6) is 0 Å². The average molecular weight is 351 g/mol. The molecule has 1 atom stereocenters. The fourth-order valence-electron chi connectivity index (χ4n) is 2.51. The van der Waals surface area contributed by atoms with Crippen LogP contribution in [0, 0.1) is 5.82 Å². The molecule has 1 saturated heterocycles. The van der Waals surface area contributed by atoms with E-state index < -0.39 is 18.0 Å². The summed E-state index contributed by atoms with van der Waals surface area (Å²) in [6, 6.07) is 4.47. The molecule has 2 rings (SSSR count). The zero-order valence-electron chi connectivity index (χ0n) is 14.2. The number of hydrogen-bond donors (Lipinski definition) is 2. The van der Waals surface area contributed by atoms with Gasteiger partial charge in [-0.2, -0.15) is 0 Å². The molecule has 3 N–H and O–H groups in total. The summed E-state index contributed by atoms with van der Waals surface area (Å²) < 4.78 is 19.7. The lowest BCUT2D eigenvalue weighted by atomic mass is 10.2. The van der Waals surface area contributed by atoms with Gasteiger partial charge in [0.1, 0.15) is 11.9 Å². The fourth-order valence-corrected chi connectivity index (χ4v) is 2.51. The number of carbonyl (C=O) groups is 2. The van der Waals surface area contributed by atoms with Gasteiger partial charge in [-0.25, -0.2) is 9.18 Å². The summed E-state index contributed by atoms with van der Waals surface area (Å²) >= 11 is 0. The number of anilines is 2. The molecule has 2 amide bonds. The zero-order chi connectivity index (χ0) is 18.4. The van der Waals surface area contributed by atoms with Crippen LogP contribution in [0.3, 0.4) is 0 Å². The summed E-state index contributed by atoms with van der Waals surface area (Å²) in [5.41, 5.74) is 6.24. The van der Waals surface area contributed by atoms with Crippen LogP contribution in [-0.2, 0) is 9.53 Å². The van der Waals surface area contributed by atoms with Crippen molar-refractivity contribution in [1.82, 2.24) is 5.32 Å². The van der Waals surface area contributed by atoms with Crippen molar-refractivity contribution >= 4 is 29.7 Å². The highest BCUT2D eigenvalue weighted by Gasteiger charge is 2.32. The van der Waals surface area contributed by atoms with Crippen LogP contribution in [0.1, 0.15) is 6.92 Å². The van der Waals surface area contributed by atoms with Crippen molar-refractivity contribution in [2.45, 2.75) is 13.0 Å². The maximum absolute atomic E-state index is 14.5. The third kappa shape index (κ3) is 4.66. The molecule has 25 heavy (non-hydrogen) atoms. The lowest BCUT2D eigenvalue weighted by molar-refractivity contribution is -0.119. The molecular formula is C16H22FN5O3. The molecule has 0 radical (unpaired) electrons. The highest BCUT2D eigenvalue weighted by atomic mass is 19.1. The molecule has 1 aromatic rings. The number of nitrogens with two attached hydrogens (primary N) is 1. The normalized spacial score (nSPS) is 17.0. The Labute approximate surface area is 145 Å². The molecule has 0 saturated carbocycles. The van der Waals surface area contributed by atoms with Gasteiger partial charge >= 0.3 is 6.09 Å². The van der Waals surface area contributed by atoms with Crippen LogP contribution in [0.2, 0.25) is 0 Å². The first-order chi connectivity index (χ1) is 12.0. The number of aliphatic imine (C=N–C) groups is 1. The van der Waals surface area contributed by atoms with Gasteiger partial charge < -0.3 is 20.7 Å². The molecule has 1 aromatic carbocycles. The van der Waals surface area contributed by atoms with Gasteiger partial charge in [0.25, 0.3) is 0 Å². The summed E-state index contributed by atoms with van der Waals surface area (Å²) in [6.45, 7) is 2.60. The minimum Gasteiger partial charge on any atom is -0.442 e. The van der Waals surface area contributed by atoms with Crippen molar-refractivity contribution in [3.05, 3.63) is 24.0 Å². The third-order valence-corrected chi connectivity index (χ3v) is 3.63. The molecule has 1 fully saturated rings. The van der Waals surface area contributed by atoms with E-state index in [1.807, 2.05) is 0 Å². The molecule has 136 valence electrons. The largest absolute Gasteiger partial charge is 0.442 e. The van der Waals surface area contributed by atoms with Crippen LogP contribution < -0.4 is 20.9 Å². The first-order valence-corrected chi connectivity index (χ1v) is 7.87. The number of cyclic esters (lactones) is 1. The van der Waals surface area contributed by atoms with Crippen molar-refractivity contribution in [2.75, 3.05) is 43.0 Å². The minimum atomic E-state index is -0.573. The molecule has 9 heteroatoms. The van der Waals surface area contributed by atoms with Gasteiger partial charge in [0.15, 0.2) is 0 Å². The Balaban J connectivity index is 2.14. The Bertz CT molecular complexity index is 667. The van der Waals surface area contributed by atoms with E-state index in [2.05, 4.69) is 10.3 Å². The van der Waals surface area contributed by atoms with E-state index in [-0.39, 0.29) is 19.0 Å². The quantitative estimate of drug-likeness (QED) is 0.557. The third-order valence-electron chi connectivity index (χ3n) is 3.63. The van der Waals surface area contributed by atoms with Crippen LogP contribution in [0.25, 0.3) is 0 Å². The van der Waals surface area contributed by atoms with Gasteiger partial charge in [0.05, 0.1) is 30.8 Å². The monoisotopic (exact) mass is 351 g/mol. The van der Waals surface area contributed by atoms with Gasteiger partial charge in [-0.15, -0.1) is 0 Å². The number of benzene rings is 1. The van der Waals surface area contributed by atoms with E-state index in [1.165, 1.54) is 24.2 Å². The maximum Gasteiger partial charge on any atom is 0.414 e. The Hall–Kier alpha value is -2.68. The Morgan fingerprint density at radius 2 is 2.36 bits per heavy atom. The highest BCUT2D eigenvalue weighted by molar-refractivity contribution is 5.90. The number of hydrogen-bond acceptors (Lipinski definition) is 5. The second kappa shape index (κ2) is 8.43. The van der Waals surface area contributed by atoms with E-state index in [0.717, 1.165) is 0 Å². The van der Waals surface area contributed by atoms with Crippen LogP contribution in [0.15, 0.2) is 23.2 Å².